The van der Waals surface area contributed by atoms with Crippen molar-refractivity contribution in [3.8, 4) is 0 Å². The molecule has 148 valence electrons. The summed E-state index contributed by atoms with van der Waals surface area (Å²) in [6, 6.07) is 0.578. The predicted octanol–water partition coefficient (Wildman–Crippen LogP) is 4.85. The minimum atomic E-state index is 0.445. The molecule has 4 rings (SSSR count). The largest absolute Gasteiger partial charge is 0.338 e. The molecule has 0 aromatic rings. The molecule has 2 aliphatic heterocycles. The summed E-state index contributed by atoms with van der Waals surface area (Å²) in [5.41, 5.74) is 0. The van der Waals surface area contributed by atoms with E-state index in [1.807, 2.05) is 0 Å². The van der Waals surface area contributed by atoms with E-state index in [-0.39, 0.29) is 0 Å². The number of piperidine rings is 2. The summed E-state index contributed by atoms with van der Waals surface area (Å²) in [5.74, 6) is 3.27. The molecule has 4 fully saturated rings. The van der Waals surface area contributed by atoms with Crippen molar-refractivity contribution in [1.29, 1.82) is 0 Å². The fourth-order valence-corrected chi connectivity index (χ4v) is 6.45. The Morgan fingerprint density at radius 2 is 1.42 bits per heavy atom. The maximum atomic E-state index is 12.5. The molecule has 2 heterocycles. The Kier molecular flexibility index (Phi) is 6.56. The third kappa shape index (κ3) is 4.64. The monoisotopic (exact) mass is 360 g/mol. The lowest BCUT2D eigenvalue weighted by Gasteiger charge is -2.45. The first-order chi connectivity index (χ1) is 12.8. The first kappa shape index (κ1) is 18.8. The van der Waals surface area contributed by atoms with Crippen LogP contribution in [0.3, 0.4) is 0 Å². The maximum absolute atomic E-state index is 12.5. The number of nitrogens with zero attached hydrogens (tertiary/aromatic N) is 2. The standard InChI is InChI=1S/C23H40N2O/c26-23-11-10-21-8-4-5-9-22(21)25(23)17-16-24-14-12-20(13-15-24)18-19-6-2-1-3-7-19/h19-22H,1-18H2. The highest BCUT2D eigenvalue weighted by molar-refractivity contribution is 5.77. The van der Waals surface area contributed by atoms with Crippen molar-refractivity contribution in [2.45, 2.75) is 95.9 Å². The lowest BCUT2D eigenvalue weighted by atomic mass is 9.78. The van der Waals surface area contributed by atoms with Gasteiger partial charge in [0, 0.05) is 25.6 Å². The normalized spacial score (nSPS) is 32.6. The van der Waals surface area contributed by atoms with Crippen LogP contribution in [0.1, 0.15) is 89.9 Å². The van der Waals surface area contributed by atoms with Crippen LogP contribution in [-0.4, -0.2) is 47.9 Å². The van der Waals surface area contributed by atoms with Crippen molar-refractivity contribution in [1.82, 2.24) is 9.80 Å². The molecule has 0 aromatic carbocycles. The lowest BCUT2D eigenvalue weighted by Crippen LogP contribution is -2.52. The van der Waals surface area contributed by atoms with E-state index in [4.69, 9.17) is 0 Å². The number of hydrogen-bond donors (Lipinski definition) is 0. The molecule has 0 bridgehead atoms. The molecule has 0 N–H and O–H groups in total. The van der Waals surface area contributed by atoms with Gasteiger partial charge >= 0.3 is 0 Å². The second-order valence-electron chi connectivity index (χ2n) is 9.76. The van der Waals surface area contributed by atoms with Gasteiger partial charge in [-0.2, -0.15) is 0 Å². The number of rotatable bonds is 5. The van der Waals surface area contributed by atoms with Gasteiger partial charge in [0.1, 0.15) is 0 Å². The van der Waals surface area contributed by atoms with Crippen molar-refractivity contribution in [2.24, 2.45) is 17.8 Å². The van der Waals surface area contributed by atoms with E-state index in [1.165, 1.54) is 90.1 Å². The first-order valence-corrected chi connectivity index (χ1v) is 11.8. The molecule has 1 amide bonds. The quantitative estimate of drug-likeness (QED) is 0.700. The van der Waals surface area contributed by atoms with Crippen LogP contribution < -0.4 is 0 Å². The fraction of sp³-hybridized carbons (Fsp3) is 0.957. The summed E-state index contributed by atoms with van der Waals surface area (Å²) in [6.45, 7) is 4.65. The highest BCUT2D eigenvalue weighted by Crippen LogP contribution is 2.36. The highest BCUT2D eigenvalue weighted by atomic mass is 16.2. The van der Waals surface area contributed by atoms with E-state index in [0.29, 0.717) is 11.9 Å². The molecule has 0 radical (unpaired) electrons. The Labute approximate surface area is 160 Å². The summed E-state index contributed by atoms with van der Waals surface area (Å²) in [7, 11) is 0. The van der Waals surface area contributed by atoms with Crippen molar-refractivity contribution in [3.05, 3.63) is 0 Å². The summed E-state index contributed by atoms with van der Waals surface area (Å²) in [4.78, 5) is 17.4. The van der Waals surface area contributed by atoms with Gasteiger partial charge in [-0.25, -0.2) is 0 Å². The Bertz CT molecular complexity index is 451. The molecule has 2 saturated heterocycles. The first-order valence-electron chi connectivity index (χ1n) is 11.8. The van der Waals surface area contributed by atoms with Gasteiger partial charge < -0.3 is 9.80 Å². The van der Waals surface area contributed by atoms with E-state index in [0.717, 1.165) is 43.7 Å². The van der Waals surface area contributed by atoms with Gasteiger partial charge in [0.25, 0.3) is 0 Å². The van der Waals surface area contributed by atoms with Crippen LogP contribution in [0.25, 0.3) is 0 Å². The van der Waals surface area contributed by atoms with Crippen LogP contribution in [0.2, 0.25) is 0 Å². The Morgan fingerprint density at radius 1 is 0.731 bits per heavy atom. The highest BCUT2D eigenvalue weighted by Gasteiger charge is 2.37. The fourth-order valence-electron chi connectivity index (χ4n) is 6.45. The minimum Gasteiger partial charge on any atom is -0.338 e. The van der Waals surface area contributed by atoms with Gasteiger partial charge in [-0.1, -0.05) is 44.9 Å². The summed E-state index contributed by atoms with van der Waals surface area (Å²) in [5, 5.41) is 0. The second kappa shape index (κ2) is 9.08. The Hall–Kier alpha value is -0.570. The topological polar surface area (TPSA) is 23.6 Å². The average Bonchev–Trinajstić information content (AvgIpc) is 2.69. The SMILES string of the molecule is O=C1CCC2CCCCC2N1CCN1CCC(CC2CCCCC2)CC1. The van der Waals surface area contributed by atoms with Crippen LogP contribution in [0, 0.1) is 17.8 Å². The third-order valence-electron chi connectivity index (χ3n) is 8.07. The molecule has 2 unspecified atom stereocenters. The molecular formula is C23H40N2O. The van der Waals surface area contributed by atoms with Gasteiger partial charge in [0.15, 0.2) is 0 Å². The maximum Gasteiger partial charge on any atom is 0.222 e. The number of hydrogen-bond acceptors (Lipinski definition) is 2. The molecule has 2 saturated carbocycles. The number of carbonyl (C=O) groups excluding carboxylic acids is 1. The molecule has 0 aromatic heterocycles. The summed E-state index contributed by atoms with van der Waals surface area (Å²) >= 11 is 0. The van der Waals surface area contributed by atoms with Crippen molar-refractivity contribution < 1.29 is 4.79 Å². The zero-order valence-corrected chi connectivity index (χ0v) is 16.8. The van der Waals surface area contributed by atoms with E-state index in [9.17, 15) is 4.79 Å². The van der Waals surface area contributed by atoms with E-state index in [1.54, 1.807) is 0 Å². The van der Waals surface area contributed by atoms with Crippen LogP contribution in [0.5, 0.6) is 0 Å². The van der Waals surface area contributed by atoms with Crippen molar-refractivity contribution in [2.75, 3.05) is 26.2 Å². The van der Waals surface area contributed by atoms with E-state index < -0.39 is 0 Å². The third-order valence-corrected chi connectivity index (χ3v) is 8.07. The van der Waals surface area contributed by atoms with Crippen LogP contribution in [0.15, 0.2) is 0 Å². The molecular weight excluding hydrogens is 320 g/mol. The Morgan fingerprint density at radius 3 is 2.23 bits per heavy atom. The van der Waals surface area contributed by atoms with Crippen molar-refractivity contribution >= 4 is 5.91 Å². The Balaban J connectivity index is 1.20. The van der Waals surface area contributed by atoms with E-state index >= 15 is 0 Å². The predicted molar refractivity (Wildman–Crippen MR) is 107 cm³/mol. The second-order valence-corrected chi connectivity index (χ2v) is 9.76. The number of likely N-dealkylation sites (tertiary alicyclic amines) is 2. The van der Waals surface area contributed by atoms with Crippen LogP contribution in [0.4, 0.5) is 0 Å². The molecule has 26 heavy (non-hydrogen) atoms. The van der Waals surface area contributed by atoms with E-state index in [2.05, 4.69) is 9.80 Å². The van der Waals surface area contributed by atoms with Crippen molar-refractivity contribution in [3.63, 3.8) is 0 Å². The smallest absolute Gasteiger partial charge is 0.222 e. The number of amides is 1. The van der Waals surface area contributed by atoms with Crippen LogP contribution >= 0.6 is 0 Å². The van der Waals surface area contributed by atoms with Gasteiger partial charge in [0.05, 0.1) is 0 Å². The molecule has 3 nitrogen and oxygen atoms in total. The minimum absolute atomic E-state index is 0.445. The van der Waals surface area contributed by atoms with Crippen LogP contribution in [-0.2, 0) is 4.79 Å². The van der Waals surface area contributed by atoms with Gasteiger partial charge in [-0.15, -0.1) is 0 Å². The molecule has 3 heteroatoms. The molecule has 4 aliphatic rings. The van der Waals surface area contributed by atoms with Gasteiger partial charge in [0.2, 0.25) is 5.91 Å². The molecule has 0 spiro atoms. The average molecular weight is 361 g/mol. The summed E-state index contributed by atoms with van der Waals surface area (Å²) in [6.07, 6.45) is 19.1. The summed E-state index contributed by atoms with van der Waals surface area (Å²) < 4.78 is 0. The van der Waals surface area contributed by atoms with Gasteiger partial charge in [-0.05, 0) is 69.4 Å². The number of fused-ring (bicyclic) bond motifs is 1. The van der Waals surface area contributed by atoms with Gasteiger partial charge in [-0.3, -0.25) is 4.79 Å². The molecule has 2 aliphatic carbocycles. The zero-order chi connectivity index (χ0) is 17.8. The number of carbonyl (C=O) groups is 1. The zero-order valence-electron chi connectivity index (χ0n) is 16.8. The lowest BCUT2D eigenvalue weighted by molar-refractivity contribution is -0.140. The molecule has 2 atom stereocenters.